The molecule has 0 aliphatic rings. The Balaban J connectivity index is 1.90. The van der Waals surface area contributed by atoms with E-state index in [1.807, 2.05) is 0 Å². The van der Waals surface area contributed by atoms with E-state index in [9.17, 15) is 18.0 Å². The molecule has 0 unspecified atom stereocenters. The van der Waals surface area contributed by atoms with Gasteiger partial charge in [0.15, 0.2) is 0 Å². The molecule has 2 aromatic rings. The number of rotatable bonds is 5. The third kappa shape index (κ3) is 5.17. The third-order valence-corrected chi connectivity index (χ3v) is 2.88. The number of aryl methyl sites for hydroxylation is 1. The van der Waals surface area contributed by atoms with Crippen LogP contribution in [0.15, 0.2) is 36.5 Å². The van der Waals surface area contributed by atoms with E-state index in [-0.39, 0.29) is 18.2 Å². The first kappa shape index (κ1) is 16.6. The number of anilines is 1. The number of nitrogens with zero attached hydrogens (tertiary/aromatic N) is 1. The van der Waals surface area contributed by atoms with Gasteiger partial charge in [0.05, 0.1) is 0 Å². The third-order valence-electron chi connectivity index (χ3n) is 2.88. The normalized spacial score (nSPS) is 10.5. The van der Waals surface area contributed by atoms with Gasteiger partial charge in [0.25, 0.3) is 0 Å². The molecule has 0 saturated heterocycles. The molecule has 0 saturated carbocycles. The van der Waals surface area contributed by atoms with Crippen molar-refractivity contribution in [3.05, 3.63) is 53.5 Å². The van der Waals surface area contributed by atoms with Crippen LogP contribution in [0.25, 0.3) is 0 Å². The molecule has 0 aliphatic heterocycles. The molecule has 0 fully saturated rings. The highest BCUT2D eigenvalue weighted by Gasteiger charge is 2.07. The van der Waals surface area contributed by atoms with Gasteiger partial charge in [0, 0.05) is 24.5 Å². The van der Waals surface area contributed by atoms with Gasteiger partial charge in [-0.15, -0.1) is 0 Å². The molecule has 0 atom stereocenters. The summed E-state index contributed by atoms with van der Waals surface area (Å²) >= 11 is 0. The zero-order valence-electron chi connectivity index (χ0n) is 12.1. The number of pyridine rings is 1. The predicted molar refractivity (Wildman–Crippen MR) is 77.9 cm³/mol. The Morgan fingerprint density at radius 3 is 2.78 bits per heavy atom. The Morgan fingerprint density at radius 1 is 1.30 bits per heavy atom. The lowest BCUT2D eigenvalue weighted by Gasteiger charge is -2.09. The predicted octanol–water partition coefficient (Wildman–Crippen LogP) is 3.45. The molecule has 1 aromatic carbocycles. The van der Waals surface area contributed by atoms with Gasteiger partial charge in [-0.1, -0.05) is 0 Å². The Kier molecular flexibility index (Phi) is 5.40. The van der Waals surface area contributed by atoms with Crippen molar-refractivity contribution in [3.63, 3.8) is 0 Å². The highest BCUT2D eigenvalue weighted by atomic mass is 19.3. The lowest BCUT2D eigenvalue weighted by atomic mass is 10.2. The number of amides is 2. The summed E-state index contributed by atoms with van der Waals surface area (Å²) in [4.78, 5) is 15.4. The summed E-state index contributed by atoms with van der Waals surface area (Å²) in [5.74, 6) is -0.590. The second-order valence-corrected chi connectivity index (χ2v) is 4.65. The van der Waals surface area contributed by atoms with Crippen molar-refractivity contribution < 1.29 is 22.7 Å². The molecule has 1 aromatic heterocycles. The quantitative estimate of drug-likeness (QED) is 0.885. The van der Waals surface area contributed by atoms with Crippen LogP contribution in [0.5, 0.6) is 5.88 Å². The van der Waals surface area contributed by atoms with Crippen molar-refractivity contribution in [3.8, 4) is 5.88 Å². The molecule has 1 heterocycles. The minimum Gasteiger partial charge on any atom is -0.417 e. The van der Waals surface area contributed by atoms with Crippen LogP contribution < -0.4 is 15.4 Å². The summed E-state index contributed by atoms with van der Waals surface area (Å²) in [6.45, 7) is -1.29. The maximum absolute atomic E-state index is 13.1. The van der Waals surface area contributed by atoms with Crippen LogP contribution in [-0.4, -0.2) is 17.6 Å². The molecule has 0 bridgehead atoms. The van der Waals surface area contributed by atoms with E-state index in [1.54, 1.807) is 13.0 Å². The second kappa shape index (κ2) is 7.48. The van der Waals surface area contributed by atoms with Crippen LogP contribution in [-0.2, 0) is 6.54 Å². The SMILES string of the molecule is Cc1cc(NC(=O)NCc2ccnc(OC(F)F)c2)ccc1F. The largest absolute Gasteiger partial charge is 0.417 e. The van der Waals surface area contributed by atoms with Crippen molar-refractivity contribution in [1.82, 2.24) is 10.3 Å². The number of ether oxygens (including phenoxy) is 1. The number of carbonyl (C=O) groups excluding carboxylic acids is 1. The number of hydrogen-bond donors (Lipinski definition) is 2. The fourth-order valence-corrected chi connectivity index (χ4v) is 1.80. The molecule has 0 radical (unpaired) electrons. The lowest BCUT2D eigenvalue weighted by Crippen LogP contribution is -2.28. The molecule has 2 N–H and O–H groups in total. The van der Waals surface area contributed by atoms with Gasteiger partial charge in [-0.25, -0.2) is 14.2 Å². The maximum Gasteiger partial charge on any atom is 0.388 e. The van der Waals surface area contributed by atoms with Gasteiger partial charge in [0.1, 0.15) is 5.82 Å². The molecule has 122 valence electrons. The topological polar surface area (TPSA) is 63.2 Å². The van der Waals surface area contributed by atoms with Crippen LogP contribution in [0.4, 0.5) is 23.7 Å². The summed E-state index contributed by atoms with van der Waals surface area (Å²) < 4.78 is 41.5. The summed E-state index contributed by atoms with van der Waals surface area (Å²) in [7, 11) is 0. The van der Waals surface area contributed by atoms with Gasteiger partial charge in [-0.2, -0.15) is 8.78 Å². The fraction of sp³-hybridized carbons (Fsp3) is 0.200. The van der Waals surface area contributed by atoms with Crippen molar-refractivity contribution in [2.45, 2.75) is 20.1 Å². The smallest absolute Gasteiger partial charge is 0.388 e. The number of benzene rings is 1. The van der Waals surface area contributed by atoms with Crippen LogP contribution in [0.2, 0.25) is 0 Å². The average Bonchev–Trinajstić information content (AvgIpc) is 2.49. The van der Waals surface area contributed by atoms with Crippen molar-refractivity contribution in [2.75, 3.05) is 5.32 Å². The van der Waals surface area contributed by atoms with Crippen LogP contribution >= 0.6 is 0 Å². The summed E-state index contributed by atoms with van der Waals surface area (Å²) in [5, 5.41) is 5.09. The second-order valence-electron chi connectivity index (χ2n) is 4.65. The Labute approximate surface area is 130 Å². The number of aromatic nitrogens is 1. The number of hydrogen-bond acceptors (Lipinski definition) is 3. The standard InChI is InChI=1S/C15H14F3N3O2/c1-9-6-11(2-3-12(9)16)21-15(22)20-8-10-4-5-19-13(7-10)23-14(17)18/h2-7,14H,8H2,1H3,(H2,20,21,22). The van der Waals surface area contributed by atoms with E-state index in [1.165, 1.54) is 30.5 Å². The van der Waals surface area contributed by atoms with E-state index in [4.69, 9.17) is 0 Å². The fourth-order valence-electron chi connectivity index (χ4n) is 1.80. The highest BCUT2D eigenvalue weighted by molar-refractivity contribution is 5.89. The Bertz CT molecular complexity index is 695. The maximum atomic E-state index is 13.1. The summed E-state index contributed by atoms with van der Waals surface area (Å²) in [6, 6.07) is 6.53. The van der Waals surface area contributed by atoms with E-state index in [0.717, 1.165) is 0 Å². The summed E-state index contributed by atoms with van der Waals surface area (Å²) in [6.07, 6.45) is 1.30. The van der Waals surface area contributed by atoms with Crippen molar-refractivity contribution >= 4 is 11.7 Å². The number of alkyl halides is 2. The molecule has 2 rings (SSSR count). The van der Waals surface area contributed by atoms with E-state index >= 15 is 0 Å². The van der Waals surface area contributed by atoms with Crippen LogP contribution in [0.3, 0.4) is 0 Å². The van der Waals surface area contributed by atoms with E-state index in [2.05, 4.69) is 20.4 Å². The lowest BCUT2D eigenvalue weighted by molar-refractivity contribution is -0.0528. The molecule has 23 heavy (non-hydrogen) atoms. The number of nitrogens with one attached hydrogen (secondary N) is 2. The Morgan fingerprint density at radius 2 is 2.09 bits per heavy atom. The Hall–Kier alpha value is -2.77. The molecule has 0 spiro atoms. The van der Waals surface area contributed by atoms with Gasteiger partial charge < -0.3 is 15.4 Å². The number of urea groups is 1. The van der Waals surface area contributed by atoms with E-state index < -0.39 is 12.6 Å². The minimum atomic E-state index is -2.96. The molecule has 0 aliphatic carbocycles. The summed E-state index contributed by atoms with van der Waals surface area (Å²) in [5.41, 5.74) is 1.39. The monoisotopic (exact) mass is 325 g/mol. The first-order valence-electron chi connectivity index (χ1n) is 6.65. The van der Waals surface area contributed by atoms with E-state index in [0.29, 0.717) is 16.8 Å². The van der Waals surface area contributed by atoms with Gasteiger partial charge in [-0.05, 0) is 42.3 Å². The first-order chi connectivity index (χ1) is 10.9. The molecule has 5 nitrogen and oxygen atoms in total. The first-order valence-corrected chi connectivity index (χ1v) is 6.65. The van der Waals surface area contributed by atoms with Gasteiger partial charge in [-0.3, -0.25) is 0 Å². The van der Waals surface area contributed by atoms with Crippen LogP contribution in [0, 0.1) is 12.7 Å². The minimum absolute atomic E-state index is 0.0914. The van der Waals surface area contributed by atoms with Gasteiger partial charge >= 0.3 is 12.6 Å². The van der Waals surface area contributed by atoms with Gasteiger partial charge in [0.2, 0.25) is 5.88 Å². The van der Waals surface area contributed by atoms with Crippen LogP contribution in [0.1, 0.15) is 11.1 Å². The molecule has 8 heteroatoms. The molecular formula is C15H14F3N3O2. The number of halogens is 3. The zero-order chi connectivity index (χ0) is 16.8. The number of carbonyl (C=O) groups is 1. The molecule has 2 amide bonds. The average molecular weight is 325 g/mol. The highest BCUT2D eigenvalue weighted by Crippen LogP contribution is 2.14. The van der Waals surface area contributed by atoms with Crippen molar-refractivity contribution in [1.29, 1.82) is 0 Å². The molecular weight excluding hydrogens is 311 g/mol. The van der Waals surface area contributed by atoms with Crippen molar-refractivity contribution in [2.24, 2.45) is 0 Å². The zero-order valence-corrected chi connectivity index (χ0v) is 12.1.